The first-order chi connectivity index (χ1) is 22.6. The van der Waals surface area contributed by atoms with Crippen LogP contribution in [0.5, 0.6) is 0 Å². The molecule has 0 saturated heterocycles. The van der Waals surface area contributed by atoms with Gasteiger partial charge in [-0.15, -0.1) is 0 Å². The topological polar surface area (TPSA) is 171 Å². The van der Waals surface area contributed by atoms with Gasteiger partial charge in [0.2, 0.25) is 17.6 Å². The summed E-state index contributed by atoms with van der Waals surface area (Å²) in [5, 5.41) is 11.6. The Morgan fingerprint density at radius 2 is 1.85 bits per heavy atom. The number of rotatable bonds is 12. The standard InChI is InChI=1S/C35H44N6O6.5H2/c1-4-22-17-21-9-7-10-23(18-21)31(22)40-29(43)19-41-16-8-13-27(35(41)47)39-32(44)26(14-15-28(42)33(45)36-3)38-34(46)30-20(2)24-11-5-6-12-25(24)37-30;;;;;/h5-6,8,11-13,16,21-23,26,31,37H,4,7,9-10,14-15,17-19H2,1-3H3,(H,36,45)(H,38,46)(H,39,44)(H,40,43);5*1H/t21?,22-,23?,26+,31?;;;;;/m1...../s1. The van der Waals surface area contributed by atoms with E-state index in [0.29, 0.717) is 17.4 Å². The van der Waals surface area contributed by atoms with Gasteiger partial charge in [-0.1, -0.05) is 44.4 Å². The monoisotopic (exact) mass is 654 g/mol. The maximum Gasteiger partial charge on any atom is 0.287 e. The predicted octanol–water partition coefficient (Wildman–Crippen LogP) is 4.42. The minimum Gasteiger partial charge on any atom is -0.353 e. The second-order valence-corrected chi connectivity index (χ2v) is 12.9. The maximum absolute atomic E-state index is 13.5. The lowest BCUT2D eigenvalue weighted by Crippen LogP contribution is -2.51. The third kappa shape index (κ3) is 7.64. The van der Waals surface area contributed by atoms with Crippen molar-refractivity contribution in [2.75, 3.05) is 12.4 Å². The van der Waals surface area contributed by atoms with Crippen molar-refractivity contribution in [2.45, 2.75) is 83.8 Å². The molecule has 260 valence electrons. The molecule has 2 saturated carbocycles. The number of aromatic nitrogens is 2. The average Bonchev–Trinajstić information content (AvgIpc) is 3.41. The Bertz CT molecular complexity index is 1750. The number of hydrogen-bond donors (Lipinski definition) is 5. The summed E-state index contributed by atoms with van der Waals surface area (Å²) in [4.78, 5) is 80.7. The van der Waals surface area contributed by atoms with Crippen molar-refractivity contribution in [3.8, 4) is 0 Å². The smallest absolute Gasteiger partial charge is 0.287 e. The average molecular weight is 655 g/mol. The van der Waals surface area contributed by atoms with Crippen LogP contribution in [0.1, 0.15) is 81.5 Å². The molecule has 2 fully saturated rings. The van der Waals surface area contributed by atoms with Crippen molar-refractivity contribution >= 4 is 46.0 Å². The van der Waals surface area contributed by atoms with E-state index in [1.165, 1.54) is 36.7 Å². The third-order valence-corrected chi connectivity index (χ3v) is 9.87. The number of pyridine rings is 1. The summed E-state index contributed by atoms with van der Waals surface area (Å²) < 4.78 is 1.24. The second kappa shape index (κ2) is 14.8. The van der Waals surface area contributed by atoms with Crippen molar-refractivity contribution < 1.29 is 31.1 Å². The van der Waals surface area contributed by atoms with Crippen molar-refractivity contribution in [1.29, 1.82) is 0 Å². The SMILES string of the molecule is CC[C@@H]1CC2CCCC(C2)C1NC(=O)Cn1cccc(NC(=O)[C@H](CCC(=O)C(=O)NC)NC(=O)c2[nH]c3ccccc3c2C)c1=O.[HH].[HH].[HH].[HH].[HH]. The molecular formula is C35H54N6O6. The maximum atomic E-state index is 13.5. The number of nitrogens with one attached hydrogen (secondary N) is 5. The van der Waals surface area contributed by atoms with Crippen LogP contribution in [0.2, 0.25) is 0 Å². The van der Waals surface area contributed by atoms with Gasteiger partial charge in [0.05, 0.1) is 0 Å². The Labute approximate surface area is 280 Å². The van der Waals surface area contributed by atoms with Crippen LogP contribution in [-0.2, 0) is 25.7 Å². The van der Waals surface area contributed by atoms with E-state index >= 15 is 0 Å². The number of nitrogens with zero attached hydrogens (tertiary/aromatic N) is 1. The summed E-state index contributed by atoms with van der Waals surface area (Å²) in [7, 11) is 1.33. The largest absolute Gasteiger partial charge is 0.353 e. The predicted molar refractivity (Wildman–Crippen MR) is 188 cm³/mol. The molecule has 2 bridgehead atoms. The highest BCUT2D eigenvalue weighted by atomic mass is 16.2. The van der Waals surface area contributed by atoms with Gasteiger partial charge in [0.15, 0.2) is 0 Å². The summed E-state index contributed by atoms with van der Waals surface area (Å²) >= 11 is 0. The number of H-pyrrole nitrogens is 1. The molecule has 12 nitrogen and oxygen atoms in total. The van der Waals surface area contributed by atoms with Crippen LogP contribution in [0, 0.1) is 24.7 Å². The van der Waals surface area contributed by atoms with Crippen LogP contribution in [0.4, 0.5) is 5.69 Å². The molecule has 5 N–H and O–H groups in total. The third-order valence-electron chi connectivity index (χ3n) is 9.87. The molecule has 2 aliphatic carbocycles. The van der Waals surface area contributed by atoms with Crippen molar-refractivity contribution in [3.63, 3.8) is 0 Å². The number of likely N-dealkylation sites (N-methyl/N-ethyl adjacent to an activating group) is 1. The first-order valence-electron chi connectivity index (χ1n) is 16.5. The fourth-order valence-corrected chi connectivity index (χ4v) is 7.39. The van der Waals surface area contributed by atoms with Crippen LogP contribution in [0.3, 0.4) is 0 Å². The number of amides is 4. The Balaban J connectivity index is 0.00000520. The van der Waals surface area contributed by atoms with Gasteiger partial charge in [0.25, 0.3) is 17.4 Å². The number of aryl methyl sites for hydroxylation is 1. The van der Waals surface area contributed by atoms with E-state index in [1.54, 1.807) is 13.0 Å². The minimum atomic E-state index is -1.25. The lowest BCUT2D eigenvalue weighted by Gasteiger charge is -2.45. The van der Waals surface area contributed by atoms with E-state index in [0.717, 1.165) is 42.5 Å². The number of fused-ring (bicyclic) bond motifs is 3. The van der Waals surface area contributed by atoms with Gasteiger partial charge in [0, 0.05) is 43.7 Å². The number of anilines is 1. The van der Waals surface area contributed by atoms with Crippen molar-refractivity contribution in [1.82, 2.24) is 25.5 Å². The number of aromatic amines is 1. The second-order valence-electron chi connectivity index (χ2n) is 12.9. The Morgan fingerprint density at radius 3 is 2.60 bits per heavy atom. The molecule has 5 rings (SSSR count). The normalized spacial score (nSPS) is 21.0. The fraction of sp³-hybridized carbons (Fsp3) is 0.486. The molecular weight excluding hydrogens is 600 g/mol. The zero-order valence-corrected chi connectivity index (χ0v) is 27.2. The van der Waals surface area contributed by atoms with Crippen LogP contribution in [-0.4, -0.2) is 58.1 Å². The molecule has 4 amide bonds. The number of ketones is 1. The van der Waals surface area contributed by atoms with E-state index in [9.17, 15) is 28.8 Å². The van der Waals surface area contributed by atoms with Gasteiger partial charge >= 0.3 is 0 Å². The number of carbonyl (C=O) groups excluding carboxylic acids is 5. The van der Waals surface area contributed by atoms with Crippen LogP contribution < -0.4 is 26.8 Å². The number of carbonyl (C=O) groups is 5. The van der Waals surface area contributed by atoms with E-state index < -0.39 is 35.1 Å². The van der Waals surface area contributed by atoms with E-state index in [4.69, 9.17) is 0 Å². The zero-order valence-electron chi connectivity index (χ0n) is 27.2. The summed E-state index contributed by atoms with van der Waals surface area (Å²) in [5.41, 5.74) is 1.02. The van der Waals surface area contributed by atoms with Crippen molar-refractivity contribution in [3.05, 3.63) is 64.2 Å². The molecule has 12 heteroatoms. The van der Waals surface area contributed by atoms with Crippen LogP contribution in [0.25, 0.3) is 10.9 Å². The molecule has 3 aromatic rings. The first-order valence-corrected chi connectivity index (χ1v) is 16.5. The molecule has 2 aromatic heterocycles. The Morgan fingerprint density at radius 1 is 1.06 bits per heavy atom. The van der Waals surface area contributed by atoms with Gasteiger partial charge in [-0.2, -0.15) is 0 Å². The Hall–Kier alpha value is -4.74. The highest BCUT2D eigenvalue weighted by molar-refractivity contribution is 6.36. The molecule has 0 spiro atoms. The van der Waals surface area contributed by atoms with Crippen molar-refractivity contribution in [2.24, 2.45) is 17.8 Å². The Kier molecular flexibility index (Phi) is 10.6. The molecule has 0 aliphatic heterocycles. The molecule has 1 aromatic carbocycles. The molecule has 2 aliphatic rings. The van der Waals surface area contributed by atoms with Gasteiger partial charge < -0.3 is 30.8 Å². The zero-order chi connectivity index (χ0) is 33.7. The number of benzene rings is 1. The lowest BCUT2D eigenvalue weighted by atomic mass is 9.64. The molecule has 5 atom stereocenters. The van der Waals surface area contributed by atoms with Crippen LogP contribution >= 0.6 is 0 Å². The molecule has 2 heterocycles. The van der Waals surface area contributed by atoms with E-state index in [1.807, 2.05) is 24.3 Å². The summed E-state index contributed by atoms with van der Waals surface area (Å²) in [5.74, 6) is -1.53. The molecule has 47 heavy (non-hydrogen) atoms. The minimum absolute atomic E-state index is 0. The van der Waals surface area contributed by atoms with E-state index in [2.05, 4.69) is 33.2 Å². The highest BCUT2D eigenvalue weighted by Crippen LogP contribution is 2.43. The van der Waals surface area contributed by atoms with Gasteiger partial charge in [-0.05, 0) is 74.1 Å². The quantitative estimate of drug-likeness (QED) is 0.181. The van der Waals surface area contributed by atoms with Gasteiger partial charge in [-0.25, -0.2) is 0 Å². The molecule has 3 unspecified atom stereocenters. The van der Waals surface area contributed by atoms with Gasteiger partial charge in [0.1, 0.15) is 24.0 Å². The lowest BCUT2D eigenvalue weighted by molar-refractivity contribution is -0.137. The summed E-state index contributed by atoms with van der Waals surface area (Å²) in [6, 6.07) is 9.19. The van der Waals surface area contributed by atoms with Gasteiger partial charge in [-0.3, -0.25) is 28.8 Å². The van der Waals surface area contributed by atoms with E-state index in [-0.39, 0.29) is 49.8 Å². The number of Topliss-reactive ketones (excluding diaryl/α,β-unsaturated/α-hetero) is 1. The van der Waals surface area contributed by atoms with Crippen LogP contribution in [0.15, 0.2) is 47.4 Å². The fourth-order valence-electron chi connectivity index (χ4n) is 7.39. The molecule has 0 radical (unpaired) electrons. The summed E-state index contributed by atoms with van der Waals surface area (Å²) in [6.45, 7) is 3.74. The number of para-hydroxylation sites is 1. The summed E-state index contributed by atoms with van der Waals surface area (Å²) in [6.07, 6.45) is 7.78. The number of hydrogen-bond acceptors (Lipinski definition) is 6. The highest BCUT2D eigenvalue weighted by Gasteiger charge is 2.39. The first kappa shape index (κ1) is 33.6.